The molecule has 2 aromatic carbocycles. The SMILES string of the molecule is C[C](C)=[Zr+2].Cc1cc[cH-]c1.Cc1cc[cH-]c1. The van der Waals surface area contributed by atoms with Gasteiger partial charge in [-0.05, 0) is 0 Å². The van der Waals surface area contributed by atoms with Gasteiger partial charge in [-0.25, -0.2) is 23.3 Å². The Labute approximate surface area is 114 Å². The molecule has 0 saturated carbocycles. The number of rotatable bonds is 0. The molecule has 0 aliphatic carbocycles. The number of hydrogen-bond donors (Lipinski definition) is 0. The van der Waals surface area contributed by atoms with E-state index in [1.165, 1.54) is 14.3 Å². The van der Waals surface area contributed by atoms with Gasteiger partial charge in [-0.15, -0.1) is 0 Å². The van der Waals surface area contributed by atoms with Gasteiger partial charge in [-0.3, -0.25) is 0 Å². The van der Waals surface area contributed by atoms with Crippen molar-refractivity contribution in [3.8, 4) is 0 Å². The van der Waals surface area contributed by atoms with Gasteiger partial charge in [0, 0.05) is 0 Å². The molecule has 0 amide bonds. The minimum Gasteiger partial charge on any atom is -0.211 e. The van der Waals surface area contributed by atoms with Gasteiger partial charge >= 0.3 is 41.3 Å². The van der Waals surface area contributed by atoms with Crippen molar-refractivity contribution < 1.29 is 24.2 Å². The van der Waals surface area contributed by atoms with Crippen molar-refractivity contribution in [3.05, 3.63) is 59.7 Å². The van der Waals surface area contributed by atoms with E-state index in [4.69, 9.17) is 0 Å². The zero-order valence-electron chi connectivity index (χ0n) is 10.6. The third kappa shape index (κ3) is 11.5. The summed E-state index contributed by atoms with van der Waals surface area (Å²) in [5.74, 6) is 0. The van der Waals surface area contributed by atoms with Crippen LogP contribution in [0, 0.1) is 13.8 Å². The van der Waals surface area contributed by atoms with Gasteiger partial charge in [0.2, 0.25) is 0 Å². The fourth-order valence-electron chi connectivity index (χ4n) is 0.940. The summed E-state index contributed by atoms with van der Waals surface area (Å²) in [5.41, 5.74) is 2.69. The zero-order valence-corrected chi connectivity index (χ0v) is 13.1. The summed E-state index contributed by atoms with van der Waals surface area (Å²) in [7, 11) is 0. The Kier molecular flexibility index (Phi) is 9.33. The Morgan fingerprint density at radius 1 is 0.938 bits per heavy atom. The van der Waals surface area contributed by atoms with Gasteiger partial charge in [0.15, 0.2) is 0 Å². The van der Waals surface area contributed by atoms with Crippen molar-refractivity contribution in [2.24, 2.45) is 0 Å². The van der Waals surface area contributed by atoms with Crippen molar-refractivity contribution in [1.82, 2.24) is 0 Å². The minimum atomic E-state index is 1.34. The van der Waals surface area contributed by atoms with Crippen LogP contribution in [0.15, 0.2) is 48.5 Å². The standard InChI is InChI=1S/2C6H7.C3H6.Zr/c2*1-6-4-2-3-5-6;1-3-2;/h2*2-5H,1H3;1-2H3;/q2*-1;;+2. The fourth-order valence-corrected chi connectivity index (χ4v) is 0.940. The summed E-state index contributed by atoms with van der Waals surface area (Å²) in [6.07, 6.45) is 0. The van der Waals surface area contributed by atoms with E-state index in [2.05, 4.69) is 52.0 Å². The first-order valence-corrected chi connectivity index (χ1v) is 6.63. The van der Waals surface area contributed by atoms with Gasteiger partial charge in [0.1, 0.15) is 0 Å². The van der Waals surface area contributed by atoms with Gasteiger partial charge in [0.25, 0.3) is 0 Å². The molecule has 16 heavy (non-hydrogen) atoms. The van der Waals surface area contributed by atoms with Gasteiger partial charge in [-0.1, -0.05) is 13.8 Å². The van der Waals surface area contributed by atoms with Crippen LogP contribution in [0.2, 0.25) is 0 Å². The molecular weight excluding hydrogens is 271 g/mol. The molecule has 84 valence electrons. The van der Waals surface area contributed by atoms with Crippen molar-refractivity contribution in [2.75, 3.05) is 0 Å². The number of aryl methyl sites for hydroxylation is 2. The van der Waals surface area contributed by atoms with E-state index in [1.807, 2.05) is 24.3 Å². The monoisotopic (exact) mass is 290 g/mol. The van der Waals surface area contributed by atoms with E-state index < -0.39 is 0 Å². The normalized spacial score (nSPS) is 8.38. The largest absolute Gasteiger partial charge is 0.211 e. The third-order valence-electron chi connectivity index (χ3n) is 1.66. The van der Waals surface area contributed by atoms with E-state index >= 15 is 0 Å². The smallest absolute Gasteiger partial charge is 0.0961 e. The van der Waals surface area contributed by atoms with Gasteiger partial charge in [0.05, 0.1) is 0 Å². The van der Waals surface area contributed by atoms with Crippen molar-refractivity contribution >= 4 is 3.21 Å². The zero-order chi connectivity index (χ0) is 12.4. The molecule has 2 rings (SSSR count). The molecule has 0 heterocycles. The van der Waals surface area contributed by atoms with E-state index in [-0.39, 0.29) is 0 Å². The maximum Gasteiger partial charge on any atom is -0.0961 e. The summed E-state index contributed by atoms with van der Waals surface area (Å²) in [6, 6.07) is 16.5. The van der Waals surface area contributed by atoms with Crippen LogP contribution < -0.4 is 0 Å². The molecule has 0 bridgehead atoms. The van der Waals surface area contributed by atoms with E-state index in [9.17, 15) is 0 Å². The molecule has 0 radical (unpaired) electrons. The molecule has 0 atom stereocenters. The summed E-state index contributed by atoms with van der Waals surface area (Å²) in [6.45, 7) is 8.41. The molecule has 0 aromatic heterocycles. The summed E-state index contributed by atoms with van der Waals surface area (Å²) < 4.78 is 1.51. The minimum absolute atomic E-state index is 1.34. The first-order chi connectivity index (χ1) is 7.52. The predicted octanol–water partition coefficient (Wildman–Crippen LogP) is 4.17. The fraction of sp³-hybridized carbons (Fsp3) is 0.267. The molecule has 0 nitrogen and oxygen atoms in total. The topological polar surface area (TPSA) is 0 Å². The van der Waals surface area contributed by atoms with E-state index in [1.54, 1.807) is 24.2 Å². The Hall–Kier alpha value is -0.547. The van der Waals surface area contributed by atoms with Gasteiger partial charge in [-0.2, -0.15) is 36.4 Å². The quantitative estimate of drug-likeness (QED) is 0.639. The molecule has 0 spiro atoms. The summed E-state index contributed by atoms with van der Waals surface area (Å²) >= 11 is 1.55. The van der Waals surface area contributed by atoms with Gasteiger partial charge < -0.3 is 0 Å². The summed E-state index contributed by atoms with van der Waals surface area (Å²) in [5, 5.41) is 0. The van der Waals surface area contributed by atoms with Crippen molar-refractivity contribution in [2.45, 2.75) is 27.7 Å². The molecule has 0 aliphatic rings. The van der Waals surface area contributed by atoms with Crippen LogP contribution in [0.4, 0.5) is 0 Å². The maximum absolute atomic E-state index is 2.12. The second-order valence-electron chi connectivity index (χ2n) is 3.92. The molecule has 0 N–H and O–H groups in total. The average Bonchev–Trinajstić information content (AvgIpc) is 2.78. The number of hydrogen-bond acceptors (Lipinski definition) is 0. The van der Waals surface area contributed by atoms with Crippen LogP contribution >= 0.6 is 0 Å². The Balaban J connectivity index is 0.000000217. The molecular formula is C15H20Zr. The van der Waals surface area contributed by atoms with Crippen LogP contribution in [0.25, 0.3) is 0 Å². The van der Waals surface area contributed by atoms with E-state index in [0.29, 0.717) is 0 Å². The second kappa shape index (κ2) is 9.66. The van der Waals surface area contributed by atoms with Crippen LogP contribution in [-0.2, 0) is 24.2 Å². The van der Waals surface area contributed by atoms with Crippen LogP contribution in [0.1, 0.15) is 25.0 Å². The Morgan fingerprint density at radius 3 is 1.31 bits per heavy atom. The molecule has 0 saturated heterocycles. The predicted molar refractivity (Wildman–Crippen MR) is 69.9 cm³/mol. The van der Waals surface area contributed by atoms with E-state index in [0.717, 1.165) is 0 Å². The first-order valence-electron chi connectivity index (χ1n) is 5.40. The van der Waals surface area contributed by atoms with Crippen LogP contribution in [0.3, 0.4) is 0 Å². The molecule has 0 aliphatic heterocycles. The second-order valence-corrected chi connectivity index (χ2v) is 6.38. The van der Waals surface area contributed by atoms with Crippen molar-refractivity contribution in [1.29, 1.82) is 0 Å². The molecule has 0 fully saturated rings. The first kappa shape index (κ1) is 15.5. The van der Waals surface area contributed by atoms with Crippen LogP contribution in [0.5, 0.6) is 0 Å². The van der Waals surface area contributed by atoms with Crippen molar-refractivity contribution in [3.63, 3.8) is 0 Å². The Morgan fingerprint density at radius 2 is 1.25 bits per heavy atom. The third-order valence-corrected chi connectivity index (χ3v) is 1.66. The van der Waals surface area contributed by atoms with Crippen LogP contribution in [-0.4, -0.2) is 3.21 Å². The summed E-state index contributed by atoms with van der Waals surface area (Å²) in [4.78, 5) is 0. The average molecular weight is 292 g/mol. The molecule has 0 unspecified atom stereocenters. The maximum atomic E-state index is 2.12. The molecule has 2 aromatic rings. The molecule has 1 heteroatoms. The Bertz CT molecular complexity index is 316.